The van der Waals surface area contributed by atoms with Gasteiger partial charge in [0.15, 0.2) is 6.61 Å². The largest absolute Gasteiger partial charge is 0.483 e. The Kier molecular flexibility index (Phi) is 7.19. The van der Waals surface area contributed by atoms with Crippen LogP contribution in [0.1, 0.15) is 42.5 Å². The van der Waals surface area contributed by atoms with E-state index in [1.165, 1.54) is 6.42 Å². The normalized spacial score (nSPS) is 13.8. The maximum Gasteiger partial charge on any atom is 0.276 e. The van der Waals surface area contributed by atoms with E-state index in [0.29, 0.717) is 17.0 Å². The summed E-state index contributed by atoms with van der Waals surface area (Å²) in [5.74, 6) is -0.245. The molecule has 0 bridgehead atoms. The molecule has 0 spiro atoms. The summed E-state index contributed by atoms with van der Waals surface area (Å²) in [7, 11) is 0. The van der Waals surface area contributed by atoms with E-state index >= 15 is 0 Å². The summed E-state index contributed by atoms with van der Waals surface area (Å²) in [6.07, 6.45) is 5.23. The Bertz CT molecular complexity index is 1130. The van der Waals surface area contributed by atoms with Crippen LogP contribution < -0.4 is 20.9 Å². The lowest BCUT2D eigenvalue weighted by molar-refractivity contribution is -0.124. The van der Waals surface area contributed by atoms with Crippen LogP contribution in [0, 0.1) is 5.92 Å². The molecule has 1 saturated carbocycles. The Labute approximate surface area is 192 Å². The third-order valence-electron chi connectivity index (χ3n) is 5.81. The van der Waals surface area contributed by atoms with Crippen LogP contribution in [-0.2, 0) is 9.59 Å². The first-order valence-corrected chi connectivity index (χ1v) is 11.2. The first kappa shape index (κ1) is 22.3. The summed E-state index contributed by atoms with van der Waals surface area (Å²) in [6.45, 7) is -0.236. The molecule has 3 amide bonds. The third-order valence-corrected chi connectivity index (χ3v) is 5.81. The molecule has 0 atom stereocenters. The van der Waals surface area contributed by atoms with Crippen LogP contribution in [-0.4, -0.2) is 24.3 Å². The van der Waals surface area contributed by atoms with Gasteiger partial charge in [-0.05, 0) is 48.6 Å². The third kappa shape index (κ3) is 5.88. The van der Waals surface area contributed by atoms with E-state index in [0.717, 1.165) is 36.5 Å². The Morgan fingerprint density at radius 3 is 2.33 bits per heavy atom. The van der Waals surface area contributed by atoms with E-state index in [1.807, 2.05) is 36.4 Å². The molecule has 7 heteroatoms. The van der Waals surface area contributed by atoms with E-state index in [9.17, 15) is 14.4 Å². The van der Waals surface area contributed by atoms with Crippen molar-refractivity contribution in [2.45, 2.75) is 32.1 Å². The number of amides is 3. The van der Waals surface area contributed by atoms with Crippen molar-refractivity contribution in [3.8, 4) is 5.75 Å². The van der Waals surface area contributed by atoms with Gasteiger partial charge in [-0.25, -0.2) is 0 Å². The van der Waals surface area contributed by atoms with Crippen LogP contribution in [0.3, 0.4) is 0 Å². The fourth-order valence-electron chi connectivity index (χ4n) is 4.01. The topological polar surface area (TPSA) is 96.5 Å². The Morgan fingerprint density at radius 2 is 1.55 bits per heavy atom. The van der Waals surface area contributed by atoms with Gasteiger partial charge in [-0.15, -0.1) is 0 Å². The van der Waals surface area contributed by atoms with Crippen LogP contribution in [0.25, 0.3) is 10.8 Å². The summed E-state index contributed by atoms with van der Waals surface area (Å²) in [6, 6.07) is 19.9. The molecule has 0 heterocycles. The minimum Gasteiger partial charge on any atom is -0.483 e. The van der Waals surface area contributed by atoms with Gasteiger partial charge in [0.2, 0.25) is 5.91 Å². The molecule has 170 valence electrons. The lowest BCUT2D eigenvalue weighted by Gasteiger charge is -2.20. The van der Waals surface area contributed by atoms with E-state index in [2.05, 4.69) is 16.2 Å². The van der Waals surface area contributed by atoms with Crippen molar-refractivity contribution in [1.29, 1.82) is 0 Å². The number of hydrogen-bond donors (Lipinski definition) is 3. The first-order chi connectivity index (χ1) is 16.1. The van der Waals surface area contributed by atoms with Gasteiger partial charge >= 0.3 is 0 Å². The Hall–Kier alpha value is -3.87. The number of fused-ring (bicyclic) bond motifs is 1. The number of hydrogen-bond acceptors (Lipinski definition) is 4. The molecule has 3 aromatic rings. The molecular weight excluding hydrogens is 418 g/mol. The SMILES string of the molecule is O=C(COc1cccc2ccccc12)NNC(=O)c1ccc(NC(=O)C2CCCCC2)cc1. The highest BCUT2D eigenvalue weighted by Gasteiger charge is 2.21. The number of ether oxygens (including phenoxy) is 1. The predicted molar refractivity (Wildman–Crippen MR) is 127 cm³/mol. The van der Waals surface area contributed by atoms with Gasteiger partial charge in [-0.3, -0.25) is 25.2 Å². The zero-order valence-electron chi connectivity index (χ0n) is 18.3. The van der Waals surface area contributed by atoms with Crippen LogP contribution in [0.4, 0.5) is 5.69 Å². The second-order valence-corrected chi connectivity index (χ2v) is 8.17. The van der Waals surface area contributed by atoms with Crippen LogP contribution in [0.5, 0.6) is 5.75 Å². The van der Waals surface area contributed by atoms with Crippen molar-refractivity contribution in [3.63, 3.8) is 0 Å². The molecular formula is C26H27N3O4. The molecule has 1 aliphatic carbocycles. The summed E-state index contributed by atoms with van der Waals surface area (Å²) in [5, 5.41) is 4.84. The van der Waals surface area contributed by atoms with Gasteiger partial charge in [-0.1, -0.05) is 55.7 Å². The predicted octanol–water partition coefficient (Wildman–Crippen LogP) is 4.20. The van der Waals surface area contributed by atoms with Crippen molar-refractivity contribution in [2.24, 2.45) is 5.92 Å². The molecule has 0 unspecified atom stereocenters. The number of carbonyl (C=O) groups is 3. The van der Waals surface area contributed by atoms with Crippen molar-refractivity contribution in [1.82, 2.24) is 10.9 Å². The number of benzene rings is 3. The van der Waals surface area contributed by atoms with Crippen LogP contribution in [0.2, 0.25) is 0 Å². The minimum atomic E-state index is -0.479. The van der Waals surface area contributed by atoms with E-state index in [1.54, 1.807) is 30.3 Å². The number of carbonyl (C=O) groups excluding carboxylic acids is 3. The summed E-state index contributed by atoms with van der Waals surface area (Å²) < 4.78 is 5.62. The number of nitrogens with one attached hydrogen (secondary N) is 3. The molecule has 4 rings (SSSR count). The fourth-order valence-corrected chi connectivity index (χ4v) is 4.01. The van der Waals surface area contributed by atoms with Crippen LogP contribution in [0.15, 0.2) is 66.7 Å². The van der Waals surface area contributed by atoms with Gasteiger partial charge in [0.05, 0.1) is 0 Å². The molecule has 33 heavy (non-hydrogen) atoms. The molecule has 0 aromatic heterocycles. The summed E-state index contributed by atoms with van der Waals surface area (Å²) in [5.41, 5.74) is 5.74. The highest BCUT2D eigenvalue weighted by Crippen LogP contribution is 2.26. The number of rotatable bonds is 6. The molecule has 0 saturated heterocycles. The molecule has 1 fully saturated rings. The summed E-state index contributed by atoms with van der Waals surface area (Å²) in [4.78, 5) is 36.8. The highest BCUT2D eigenvalue weighted by atomic mass is 16.5. The molecule has 3 aromatic carbocycles. The van der Waals surface area contributed by atoms with Crippen molar-refractivity contribution < 1.29 is 19.1 Å². The quantitative estimate of drug-likeness (QED) is 0.496. The standard InChI is InChI=1S/C26H27N3O4/c30-24(17-33-23-12-6-10-18-7-4-5-11-22(18)23)28-29-26(32)20-13-15-21(16-14-20)27-25(31)19-8-2-1-3-9-19/h4-7,10-16,19H,1-3,8-9,17H2,(H,27,31)(H,28,30)(H,29,32). The van der Waals surface area contributed by atoms with Gasteiger partial charge in [0.25, 0.3) is 11.8 Å². The lowest BCUT2D eigenvalue weighted by atomic mass is 9.88. The van der Waals surface area contributed by atoms with Crippen molar-refractivity contribution >= 4 is 34.2 Å². The molecule has 1 aliphatic rings. The Morgan fingerprint density at radius 1 is 0.818 bits per heavy atom. The lowest BCUT2D eigenvalue weighted by Crippen LogP contribution is -2.43. The molecule has 7 nitrogen and oxygen atoms in total. The zero-order valence-corrected chi connectivity index (χ0v) is 18.3. The second kappa shape index (κ2) is 10.6. The monoisotopic (exact) mass is 445 g/mol. The van der Waals surface area contributed by atoms with E-state index in [4.69, 9.17) is 4.74 Å². The average molecular weight is 446 g/mol. The number of anilines is 1. The van der Waals surface area contributed by atoms with Gasteiger partial charge in [0.1, 0.15) is 5.75 Å². The smallest absolute Gasteiger partial charge is 0.276 e. The van der Waals surface area contributed by atoms with Gasteiger partial charge in [-0.2, -0.15) is 0 Å². The Balaban J connectivity index is 1.24. The minimum absolute atomic E-state index is 0.0327. The van der Waals surface area contributed by atoms with Crippen LogP contribution >= 0.6 is 0 Å². The molecule has 0 aliphatic heterocycles. The van der Waals surface area contributed by atoms with Gasteiger partial charge < -0.3 is 10.1 Å². The highest BCUT2D eigenvalue weighted by molar-refractivity contribution is 5.97. The van der Waals surface area contributed by atoms with Gasteiger partial charge in [0, 0.05) is 22.6 Å². The number of hydrazine groups is 1. The van der Waals surface area contributed by atoms with E-state index < -0.39 is 11.8 Å². The van der Waals surface area contributed by atoms with E-state index in [-0.39, 0.29) is 18.4 Å². The molecule has 0 radical (unpaired) electrons. The second-order valence-electron chi connectivity index (χ2n) is 8.17. The average Bonchev–Trinajstić information content (AvgIpc) is 2.87. The fraction of sp³-hybridized carbons (Fsp3) is 0.269. The first-order valence-electron chi connectivity index (χ1n) is 11.2. The summed E-state index contributed by atoms with van der Waals surface area (Å²) >= 11 is 0. The van der Waals surface area contributed by atoms with Crippen molar-refractivity contribution in [2.75, 3.05) is 11.9 Å². The maximum absolute atomic E-state index is 12.4. The maximum atomic E-state index is 12.4. The van der Waals surface area contributed by atoms with Crippen molar-refractivity contribution in [3.05, 3.63) is 72.3 Å². The zero-order chi connectivity index (χ0) is 23.0. The molecule has 3 N–H and O–H groups in total.